The number of likely N-dealkylation sites (tertiary alicyclic amines) is 1. The Kier molecular flexibility index (Phi) is 19.3. The van der Waals surface area contributed by atoms with Gasteiger partial charge in [-0.1, -0.05) is 35.9 Å². The number of sulfone groups is 1. The summed E-state index contributed by atoms with van der Waals surface area (Å²) in [6.45, 7) is 12.9. The number of aldehydes is 1. The first kappa shape index (κ1) is 54.1. The number of nitrogens with one attached hydrogen (secondary N) is 5. The number of piperidine rings is 2. The number of imide groups is 1. The van der Waals surface area contributed by atoms with E-state index in [-0.39, 0.29) is 82.6 Å². The average Bonchev–Trinajstić information content (AvgIpc) is 3.33. The molecule has 2 aliphatic rings. The summed E-state index contributed by atoms with van der Waals surface area (Å²) in [6, 6.07) is 14.7. The third kappa shape index (κ3) is 14.5. The van der Waals surface area contributed by atoms with Gasteiger partial charge in [0.1, 0.15) is 16.8 Å². The van der Waals surface area contributed by atoms with Gasteiger partial charge in [0.2, 0.25) is 23.7 Å². The average molecular weight is 1020 g/mol. The van der Waals surface area contributed by atoms with Crippen molar-refractivity contribution >= 4 is 80.2 Å². The first-order valence-electron chi connectivity index (χ1n) is 23.7. The molecule has 2 aliphatic heterocycles. The van der Waals surface area contributed by atoms with E-state index in [0.29, 0.717) is 62.0 Å². The minimum atomic E-state index is -3.60. The molecule has 19 nitrogen and oxygen atoms in total. The van der Waals surface area contributed by atoms with E-state index < -0.39 is 32.9 Å². The minimum Gasteiger partial charge on any atom is -0.489 e. The van der Waals surface area contributed by atoms with Crippen molar-refractivity contribution < 1.29 is 46.6 Å². The van der Waals surface area contributed by atoms with Crippen molar-refractivity contribution in [2.45, 2.75) is 88.5 Å². The summed E-state index contributed by atoms with van der Waals surface area (Å²) >= 11 is 6.50. The summed E-state index contributed by atoms with van der Waals surface area (Å²) in [5.41, 5.74) is 3.96. The number of likely N-dealkylation sites (N-methyl/N-ethyl adjacent to an activating group) is 1. The quantitative estimate of drug-likeness (QED) is 0.0306. The van der Waals surface area contributed by atoms with Gasteiger partial charge in [-0.15, -0.1) is 0 Å². The van der Waals surface area contributed by atoms with Crippen LogP contribution in [-0.2, 0) is 33.7 Å². The number of rotatable bonds is 24. The van der Waals surface area contributed by atoms with Crippen molar-refractivity contribution in [3.8, 4) is 5.75 Å². The summed E-state index contributed by atoms with van der Waals surface area (Å²) < 4.78 is 43.8. The first-order chi connectivity index (χ1) is 34.0. The van der Waals surface area contributed by atoms with Crippen LogP contribution in [0.4, 0.5) is 28.8 Å². The van der Waals surface area contributed by atoms with Crippen LogP contribution < -0.4 is 31.3 Å². The lowest BCUT2D eigenvalue weighted by atomic mass is 9.86. The number of aromatic nitrogens is 2. The Labute approximate surface area is 420 Å². The Hall–Kier alpha value is -6.19. The van der Waals surface area contributed by atoms with Gasteiger partial charge in [-0.25, -0.2) is 13.4 Å². The topological polar surface area (TPSA) is 240 Å². The lowest BCUT2D eigenvalue weighted by molar-refractivity contribution is -0.136. The van der Waals surface area contributed by atoms with Gasteiger partial charge in [0, 0.05) is 37.8 Å². The number of halogens is 1. The molecule has 4 aromatic rings. The smallest absolute Gasteiger partial charge is 0.257 e. The number of carbonyl (C=O) groups excluding carboxylic acids is 5. The molecule has 0 saturated carbocycles. The summed E-state index contributed by atoms with van der Waals surface area (Å²) in [6.07, 6.45) is 3.94. The maximum Gasteiger partial charge on any atom is 0.257 e. The first-order valence-corrected chi connectivity index (χ1v) is 25.7. The van der Waals surface area contributed by atoms with Gasteiger partial charge >= 0.3 is 0 Å². The van der Waals surface area contributed by atoms with Crippen molar-refractivity contribution in [3.05, 3.63) is 88.1 Å². The van der Waals surface area contributed by atoms with Crippen LogP contribution in [0.15, 0.2) is 65.7 Å². The molecule has 1 unspecified atom stereocenters. The highest BCUT2D eigenvalue weighted by Crippen LogP contribution is 2.39. The van der Waals surface area contributed by atoms with Gasteiger partial charge in [-0.05, 0) is 114 Å². The Morgan fingerprint density at radius 1 is 0.930 bits per heavy atom. The Morgan fingerprint density at radius 2 is 1.63 bits per heavy atom. The summed E-state index contributed by atoms with van der Waals surface area (Å²) in [5.74, 6) is -0.179. The maximum absolute atomic E-state index is 13.5. The number of amides is 4. The molecule has 382 valence electrons. The predicted molar refractivity (Wildman–Crippen MR) is 271 cm³/mol. The zero-order chi connectivity index (χ0) is 51.2. The number of benzene rings is 3. The molecule has 3 aromatic carbocycles. The molecule has 1 aromatic heterocycles. The molecular weight excluding hydrogens is 954 g/mol. The number of nitrogens with zero attached hydrogens (tertiary/aromatic N) is 4. The Morgan fingerprint density at radius 3 is 2.32 bits per heavy atom. The van der Waals surface area contributed by atoms with Crippen LogP contribution >= 0.6 is 11.6 Å². The predicted octanol–water partition coefficient (Wildman–Crippen LogP) is 6.03. The molecule has 2 saturated heterocycles. The maximum atomic E-state index is 13.5. The molecule has 71 heavy (non-hydrogen) atoms. The minimum absolute atomic E-state index is 0.0824. The van der Waals surface area contributed by atoms with Gasteiger partial charge in [0.25, 0.3) is 5.91 Å². The third-order valence-corrected chi connectivity index (χ3v) is 14.6. The lowest BCUT2D eigenvalue weighted by Crippen LogP contribution is -2.53. The fourth-order valence-corrected chi connectivity index (χ4v) is 9.70. The second kappa shape index (κ2) is 25.3. The van der Waals surface area contributed by atoms with Crippen molar-refractivity contribution in [2.24, 2.45) is 0 Å². The fraction of sp³-hybridized carbons (Fsp3) is 0.460. The summed E-state index contributed by atoms with van der Waals surface area (Å²) in [7, 11) is -2.12. The molecule has 1 atom stereocenters. The number of aryl methyl sites for hydroxylation is 1. The normalized spacial score (nSPS) is 15.6. The second-order valence-corrected chi connectivity index (χ2v) is 20.8. The van der Waals surface area contributed by atoms with Crippen LogP contribution in [0.3, 0.4) is 0 Å². The monoisotopic (exact) mass is 1020 g/mol. The highest BCUT2D eigenvalue weighted by Gasteiger charge is 2.34. The van der Waals surface area contributed by atoms with Gasteiger partial charge in [0.15, 0.2) is 21.9 Å². The molecular formula is C50H64ClN9O10S. The molecule has 4 amide bonds. The van der Waals surface area contributed by atoms with Crippen LogP contribution in [0, 0.1) is 6.92 Å². The standard InChI is InChI=1S/C50H64ClN9O10S/c1-31(2)70-42-27-36(33(5)26-40(42)56-50-54-28-37(51)47(58-50)55-38-11-7-8-13-43(38)71(66,67)32(3)4)34-16-20-60(21-17-34)29-45(63)53-19-23-69-25-24-68-22-18-52-39-12-9-10-35(30-61)46(39)49(65)59(6)41-14-15-44(62)57-48(41)64/h7-13,26-28,30-32,34,41,52H,14-25,29H2,1-6H3,(H,53,63)(H,57,62,64)(H2,54,55,56,58). The van der Waals surface area contributed by atoms with E-state index in [1.165, 1.54) is 24.2 Å². The van der Waals surface area contributed by atoms with Crippen LogP contribution in [-0.4, -0.2) is 142 Å². The lowest BCUT2D eigenvalue weighted by Gasteiger charge is -2.32. The zero-order valence-electron chi connectivity index (χ0n) is 41.0. The molecule has 2 fully saturated rings. The number of para-hydroxylation sites is 1. The van der Waals surface area contributed by atoms with E-state index in [9.17, 15) is 32.4 Å². The van der Waals surface area contributed by atoms with Crippen LogP contribution in [0.2, 0.25) is 5.02 Å². The highest BCUT2D eigenvalue weighted by atomic mass is 35.5. The number of hydrogen-bond donors (Lipinski definition) is 5. The molecule has 6 rings (SSSR count). The van der Waals surface area contributed by atoms with Crippen molar-refractivity contribution in [2.75, 3.05) is 82.1 Å². The summed E-state index contributed by atoms with van der Waals surface area (Å²) in [5, 5.41) is 14.3. The van der Waals surface area contributed by atoms with E-state index in [1.807, 2.05) is 19.9 Å². The van der Waals surface area contributed by atoms with E-state index in [1.54, 1.807) is 50.2 Å². The van der Waals surface area contributed by atoms with Gasteiger partial charge in [0.05, 0.1) is 72.4 Å². The SMILES string of the molecule is Cc1cc(Nc2ncc(Cl)c(Nc3ccccc3S(=O)(=O)C(C)C)n2)c(OC(C)C)cc1C1CCN(CC(=O)NCCOCCOCCNc2cccc(C=O)c2C(=O)N(C)C2CCC(=O)NC2=O)CC1. The molecule has 5 N–H and O–H groups in total. The highest BCUT2D eigenvalue weighted by molar-refractivity contribution is 7.92. The molecule has 0 radical (unpaired) electrons. The van der Waals surface area contributed by atoms with Crippen molar-refractivity contribution in [1.82, 2.24) is 30.4 Å². The Balaban J connectivity index is 0.911. The number of ether oxygens (including phenoxy) is 3. The van der Waals surface area contributed by atoms with Gasteiger partial charge in [-0.2, -0.15) is 4.98 Å². The largest absolute Gasteiger partial charge is 0.489 e. The molecule has 0 bridgehead atoms. The van der Waals surface area contributed by atoms with Crippen molar-refractivity contribution in [3.63, 3.8) is 0 Å². The fourth-order valence-electron chi connectivity index (χ4n) is 8.36. The molecule has 0 spiro atoms. The van der Waals surface area contributed by atoms with E-state index in [2.05, 4.69) is 54.4 Å². The molecule has 21 heteroatoms. The zero-order valence-corrected chi connectivity index (χ0v) is 42.6. The number of carbonyl (C=O) groups is 5. The Bertz CT molecular complexity index is 2660. The number of hydrogen-bond acceptors (Lipinski definition) is 16. The van der Waals surface area contributed by atoms with Gasteiger partial charge in [-0.3, -0.25) is 34.2 Å². The third-order valence-electron chi connectivity index (χ3n) is 12.1. The van der Waals surface area contributed by atoms with Gasteiger partial charge < -0.3 is 40.4 Å². The summed E-state index contributed by atoms with van der Waals surface area (Å²) in [4.78, 5) is 74.7. The van der Waals surface area contributed by atoms with E-state index in [0.717, 1.165) is 37.1 Å². The number of anilines is 5. The second-order valence-electron chi connectivity index (χ2n) is 17.9. The molecule has 0 aliphatic carbocycles. The molecule has 3 heterocycles. The van der Waals surface area contributed by atoms with E-state index >= 15 is 0 Å². The van der Waals surface area contributed by atoms with Crippen molar-refractivity contribution in [1.29, 1.82) is 0 Å². The van der Waals surface area contributed by atoms with E-state index in [4.69, 9.17) is 25.8 Å². The van der Waals surface area contributed by atoms with Crippen LogP contribution in [0.25, 0.3) is 0 Å². The van der Waals surface area contributed by atoms with Crippen LogP contribution in [0.5, 0.6) is 5.75 Å². The van der Waals surface area contributed by atoms with Crippen LogP contribution in [0.1, 0.15) is 91.1 Å².